The number of carbonyl (C=O) groups is 2. The van der Waals surface area contributed by atoms with Gasteiger partial charge in [0.15, 0.2) is 17.3 Å². The van der Waals surface area contributed by atoms with E-state index in [9.17, 15) is 9.59 Å². The van der Waals surface area contributed by atoms with Gasteiger partial charge in [0.2, 0.25) is 18.6 Å². The fraction of sp³-hybridized carbons (Fsp3) is 0.379. The third kappa shape index (κ3) is 5.88. The van der Waals surface area contributed by atoms with Gasteiger partial charge in [0.1, 0.15) is 18.0 Å². The first-order valence-corrected chi connectivity index (χ1v) is 13.2. The monoisotopic (exact) mass is 547 g/mol. The van der Waals surface area contributed by atoms with Crippen molar-refractivity contribution >= 4 is 17.6 Å². The van der Waals surface area contributed by atoms with E-state index in [2.05, 4.69) is 15.1 Å². The zero-order valence-electron chi connectivity index (χ0n) is 23.0. The van der Waals surface area contributed by atoms with Crippen LogP contribution in [-0.4, -0.2) is 85.5 Å². The number of amides is 2. The molecule has 1 fully saturated rings. The number of piperazine rings is 1. The van der Waals surface area contributed by atoms with Crippen LogP contribution in [0.1, 0.15) is 18.9 Å². The molecule has 210 valence electrons. The number of carbonyl (C=O) groups excluding carboxylic acids is 2. The van der Waals surface area contributed by atoms with Gasteiger partial charge in [-0.1, -0.05) is 13.0 Å². The summed E-state index contributed by atoms with van der Waals surface area (Å²) in [5, 5.41) is 8.85. The molecule has 0 bridgehead atoms. The van der Waals surface area contributed by atoms with E-state index in [-0.39, 0.29) is 25.2 Å². The number of aromatic nitrogens is 2. The Balaban J connectivity index is 1.18. The molecule has 2 aliphatic heterocycles. The van der Waals surface area contributed by atoms with Gasteiger partial charge in [-0.3, -0.25) is 9.59 Å². The molecule has 5 rings (SSSR count). The quantitative estimate of drug-likeness (QED) is 0.400. The Morgan fingerprint density at radius 3 is 2.42 bits per heavy atom. The molecule has 0 spiro atoms. The summed E-state index contributed by atoms with van der Waals surface area (Å²) in [6.45, 7) is 4.66. The average Bonchev–Trinajstić information content (AvgIpc) is 3.48. The SMILES string of the molecule is CCC(=O)N(CC(=O)N1CCN(c2ccc(-c3ccc(OC)cc3OC)nn2)CC1)Cc1ccc2c(c1)OCO2. The van der Waals surface area contributed by atoms with Crippen LogP contribution in [0.2, 0.25) is 0 Å². The number of hydrogen-bond donors (Lipinski definition) is 0. The minimum absolute atomic E-state index is 0.0271. The van der Waals surface area contributed by atoms with Crippen molar-refractivity contribution in [3.05, 3.63) is 54.1 Å². The minimum atomic E-state index is -0.0755. The van der Waals surface area contributed by atoms with Gasteiger partial charge in [0, 0.05) is 50.8 Å². The number of anilines is 1. The summed E-state index contributed by atoms with van der Waals surface area (Å²) in [4.78, 5) is 31.4. The van der Waals surface area contributed by atoms with E-state index >= 15 is 0 Å². The highest BCUT2D eigenvalue weighted by Crippen LogP contribution is 2.33. The molecule has 0 aliphatic carbocycles. The van der Waals surface area contributed by atoms with Crippen molar-refractivity contribution in [1.29, 1.82) is 0 Å². The number of rotatable bonds is 9. The van der Waals surface area contributed by atoms with Crippen molar-refractivity contribution in [2.75, 3.05) is 58.6 Å². The highest BCUT2D eigenvalue weighted by molar-refractivity contribution is 5.85. The Hall–Kier alpha value is -4.54. The molecule has 40 heavy (non-hydrogen) atoms. The van der Waals surface area contributed by atoms with Gasteiger partial charge in [-0.05, 0) is 42.0 Å². The molecular formula is C29H33N5O6. The molecule has 2 amide bonds. The van der Waals surface area contributed by atoms with Crippen molar-refractivity contribution in [2.24, 2.45) is 0 Å². The van der Waals surface area contributed by atoms with Crippen LogP contribution in [0, 0.1) is 0 Å². The number of fused-ring (bicyclic) bond motifs is 1. The van der Waals surface area contributed by atoms with Crippen molar-refractivity contribution < 1.29 is 28.5 Å². The Morgan fingerprint density at radius 2 is 1.73 bits per heavy atom. The Morgan fingerprint density at radius 1 is 0.925 bits per heavy atom. The first-order valence-electron chi connectivity index (χ1n) is 13.2. The topological polar surface area (TPSA) is 107 Å². The Kier molecular flexibility index (Phi) is 8.18. The third-order valence-corrected chi connectivity index (χ3v) is 7.08. The van der Waals surface area contributed by atoms with Crippen molar-refractivity contribution in [1.82, 2.24) is 20.0 Å². The predicted octanol–water partition coefficient (Wildman–Crippen LogP) is 2.98. The van der Waals surface area contributed by atoms with E-state index in [1.54, 1.807) is 30.9 Å². The minimum Gasteiger partial charge on any atom is -0.497 e. The van der Waals surface area contributed by atoms with Crippen LogP contribution in [0.4, 0.5) is 5.82 Å². The lowest BCUT2D eigenvalue weighted by Crippen LogP contribution is -2.52. The summed E-state index contributed by atoms with van der Waals surface area (Å²) in [7, 11) is 3.22. The fourth-order valence-electron chi connectivity index (χ4n) is 4.81. The highest BCUT2D eigenvalue weighted by atomic mass is 16.7. The standard InChI is InChI=1S/C29H33N5O6/c1-4-28(35)34(17-20-5-9-24-26(15-20)40-19-39-24)18-29(36)33-13-11-32(12-14-33)27-10-8-23(30-31-27)22-7-6-21(37-2)16-25(22)38-3/h5-10,15-16H,4,11-14,17-19H2,1-3H3. The molecule has 2 aromatic carbocycles. The number of benzene rings is 2. The number of methoxy groups -OCH3 is 2. The third-order valence-electron chi connectivity index (χ3n) is 7.08. The Labute approximate surface area is 233 Å². The highest BCUT2D eigenvalue weighted by Gasteiger charge is 2.26. The molecule has 11 heteroatoms. The van der Waals surface area contributed by atoms with E-state index in [1.807, 2.05) is 48.5 Å². The smallest absolute Gasteiger partial charge is 0.242 e. The molecule has 3 aromatic rings. The van der Waals surface area contributed by atoms with E-state index in [1.165, 1.54) is 0 Å². The molecule has 0 unspecified atom stereocenters. The van der Waals surface area contributed by atoms with E-state index < -0.39 is 0 Å². The van der Waals surface area contributed by atoms with Crippen LogP contribution in [0.3, 0.4) is 0 Å². The molecular weight excluding hydrogens is 514 g/mol. The van der Waals surface area contributed by atoms with Gasteiger partial charge < -0.3 is 33.6 Å². The molecule has 3 heterocycles. The molecule has 11 nitrogen and oxygen atoms in total. The van der Waals surface area contributed by atoms with Crippen molar-refractivity contribution in [3.63, 3.8) is 0 Å². The molecule has 1 aromatic heterocycles. The normalized spacial score (nSPS) is 14.2. The van der Waals surface area contributed by atoms with Gasteiger partial charge in [-0.15, -0.1) is 10.2 Å². The van der Waals surface area contributed by atoms with E-state index in [0.29, 0.717) is 67.8 Å². The Bertz CT molecular complexity index is 1360. The maximum Gasteiger partial charge on any atom is 0.242 e. The lowest BCUT2D eigenvalue weighted by Gasteiger charge is -2.36. The first-order chi connectivity index (χ1) is 19.5. The van der Waals surface area contributed by atoms with E-state index in [4.69, 9.17) is 18.9 Å². The first kappa shape index (κ1) is 27.0. The summed E-state index contributed by atoms with van der Waals surface area (Å²) in [5.41, 5.74) is 2.41. The van der Waals surface area contributed by atoms with Crippen LogP contribution in [-0.2, 0) is 16.1 Å². The summed E-state index contributed by atoms with van der Waals surface area (Å²) in [6, 6.07) is 15.0. The lowest BCUT2D eigenvalue weighted by molar-refractivity contribution is -0.141. The maximum absolute atomic E-state index is 13.2. The number of ether oxygens (including phenoxy) is 4. The lowest BCUT2D eigenvalue weighted by atomic mass is 10.1. The van der Waals surface area contributed by atoms with Gasteiger partial charge >= 0.3 is 0 Å². The summed E-state index contributed by atoms with van der Waals surface area (Å²) >= 11 is 0. The van der Waals surface area contributed by atoms with Gasteiger partial charge in [0.25, 0.3) is 0 Å². The predicted molar refractivity (Wildman–Crippen MR) is 148 cm³/mol. The second kappa shape index (κ2) is 12.1. The van der Waals surface area contributed by atoms with Crippen LogP contribution in [0.15, 0.2) is 48.5 Å². The summed E-state index contributed by atoms with van der Waals surface area (Å²) in [5.74, 6) is 3.29. The van der Waals surface area contributed by atoms with Crippen LogP contribution in [0.5, 0.6) is 23.0 Å². The van der Waals surface area contributed by atoms with Gasteiger partial charge in [0.05, 0.1) is 19.9 Å². The zero-order valence-corrected chi connectivity index (χ0v) is 23.0. The van der Waals surface area contributed by atoms with E-state index in [0.717, 1.165) is 16.9 Å². The van der Waals surface area contributed by atoms with Crippen molar-refractivity contribution in [2.45, 2.75) is 19.9 Å². The second-order valence-electron chi connectivity index (χ2n) is 9.50. The summed E-state index contributed by atoms with van der Waals surface area (Å²) < 4.78 is 21.6. The number of nitrogens with zero attached hydrogens (tertiary/aromatic N) is 5. The molecule has 0 N–H and O–H groups in total. The average molecular weight is 548 g/mol. The summed E-state index contributed by atoms with van der Waals surface area (Å²) in [6.07, 6.45) is 0.322. The van der Waals surface area contributed by atoms with Crippen LogP contribution in [0.25, 0.3) is 11.3 Å². The van der Waals surface area contributed by atoms with Gasteiger partial charge in [-0.2, -0.15) is 0 Å². The molecule has 0 atom stereocenters. The second-order valence-corrected chi connectivity index (χ2v) is 9.50. The van der Waals surface area contributed by atoms with Crippen LogP contribution < -0.4 is 23.8 Å². The van der Waals surface area contributed by atoms with Crippen LogP contribution >= 0.6 is 0 Å². The zero-order chi connectivity index (χ0) is 28.1. The molecule has 1 saturated heterocycles. The van der Waals surface area contributed by atoms with Crippen molar-refractivity contribution in [3.8, 4) is 34.3 Å². The molecule has 0 saturated carbocycles. The molecule has 0 radical (unpaired) electrons. The largest absolute Gasteiger partial charge is 0.497 e. The molecule has 2 aliphatic rings. The maximum atomic E-state index is 13.2. The van der Waals surface area contributed by atoms with Gasteiger partial charge in [-0.25, -0.2) is 0 Å². The fourth-order valence-corrected chi connectivity index (χ4v) is 4.81. The number of hydrogen-bond acceptors (Lipinski definition) is 9.